The van der Waals surface area contributed by atoms with Crippen LogP contribution in [0.2, 0.25) is 0 Å². The fourth-order valence-corrected chi connectivity index (χ4v) is 1.23. The maximum atomic E-state index is 5.64. The predicted octanol–water partition coefficient (Wildman–Crippen LogP) is 0.0931. The summed E-state index contributed by atoms with van der Waals surface area (Å²) in [5.74, 6) is 0.833. The summed E-state index contributed by atoms with van der Waals surface area (Å²) in [7, 11) is -0.493. The largest absolute Gasteiger partial charge is 0.566 e. The van der Waals surface area contributed by atoms with Crippen molar-refractivity contribution < 1.29 is 9.31 Å². The lowest BCUT2D eigenvalue weighted by atomic mass is 9.81. The number of nitrogens with zero attached hydrogens (tertiary/aromatic N) is 2. The number of hydrogen-bond donors (Lipinski definition) is 1. The SMILES string of the molecule is C=C1OB(c2cnc(N)nc2)OC1(C)C. The highest BCUT2D eigenvalue weighted by Gasteiger charge is 2.43. The van der Waals surface area contributed by atoms with Gasteiger partial charge in [-0.1, -0.05) is 6.58 Å². The Bertz CT molecular complexity index is 391. The molecule has 78 valence electrons. The van der Waals surface area contributed by atoms with Crippen LogP contribution in [0.15, 0.2) is 24.7 Å². The van der Waals surface area contributed by atoms with Crippen LogP contribution in [0.3, 0.4) is 0 Å². The normalized spacial score (nSPS) is 19.1. The minimum Gasteiger partial charge on any atom is -0.534 e. The van der Waals surface area contributed by atoms with E-state index in [1.807, 2.05) is 13.8 Å². The van der Waals surface area contributed by atoms with Crippen LogP contribution in [-0.2, 0) is 9.31 Å². The molecule has 0 aromatic carbocycles. The summed E-state index contributed by atoms with van der Waals surface area (Å²) >= 11 is 0. The first kappa shape index (κ1) is 9.98. The Morgan fingerprint density at radius 1 is 1.40 bits per heavy atom. The maximum Gasteiger partial charge on any atom is 0.566 e. The molecular weight excluding hydrogens is 193 g/mol. The second-order valence-electron chi connectivity index (χ2n) is 3.88. The molecule has 1 aliphatic heterocycles. The maximum absolute atomic E-state index is 5.64. The highest BCUT2D eigenvalue weighted by molar-refractivity contribution is 6.62. The summed E-state index contributed by atoms with van der Waals surface area (Å²) in [6.07, 6.45) is 3.17. The number of nitrogen functional groups attached to an aromatic ring is 1. The van der Waals surface area contributed by atoms with Crippen molar-refractivity contribution in [2.24, 2.45) is 0 Å². The summed E-state index contributed by atoms with van der Waals surface area (Å²) in [5.41, 5.74) is 5.64. The van der Waals surface area contributed by atoms with Crippen molar-refractivity contribution in [1.29, 1.82) is 0 Å². The van der Waals surface area contributed by atoms with E-state index in [1.54, 1.807) is 12.4 Å². The molecule has 1 saturated heterocycles. The summed E-state index contributed by atoms with van der Waals surface area (Å²) in [5, 5.41) is 0. The number of hydrogen-bond acceptors (Lipinski definition) is 5. The van der Waals surface area contributed by atoms with Gasteiger partial charge in [-0.05, 0) is 13.8 Å². The molecule has 0 bridgehead atoms. The number of nitrogens with two attached hydrogens (primary N) is 1. The predicted molar refractivity (Wildman–Crippen MR) is 57.2 cm³/mol. The topological polar surface area (TPSA) is 70.3 Å². The molecule has 0 atom stereocenters. The molecule has 2 heterocycles. The molecule has 0 radical (unpaired) electrons. The molecule has 0 spiro atoms. The minimum absolute atomic E-state index is 0.231. The third-order valence-electron chi connectivity index (χ3n) is 2.29. The van der Waals surface area contributed by atoms with Gasteiger partial charge in [0.2, 0.25) is 5.95 Å². The second-order valence-corrected chi connectivity index (χ2v) is 3.88. The lowest BCUT2D eigenvalue weighted by Crippen LogP contribution is -2.35. The zero-order chi connectivity index (χ0) is 11.1. The van der Waals surface area contributed by atoms with Gasteiger partial charge in [0.1, 0.15) is 5.60 Å². The quantitative estimate of drug-likeness (QED) is 0.658. The molecule has 1 aromatic heterocycles. The van der Waals surface area contributed by atoms with Gasteiger partial charge in [0.25, 0.3) is 0 Å². The molecule has 5 nitrogen and oxygen atoms in total. The fourth-order valence-electron chi connectivity index (χ4n) is 1.23. The Morgan fingerprint density at radius 3 is 2.47 bits per heavy atom. The van der Waals surface area contributed by atoms with Crippen LogP contribution in [0.4, 0.5) is 5.95 Å². The zero-order valence-electron chi connectivity index (χ0n) is 8.73. The van der Waals surface area contributed by atoms with E-state index in [9.17, 15) is 0 Å². The number of anilines is 1. The van der Waals surface area contributed by atoms with Gasteiger partial charge in [-0.25, -0.2) is 9.97 Å². The van der Waals surface area contributed by atoms with Crippen LogP contribution in [0.5, 0.6) is 0 Å². The highest BCUT2D eigenvalue weighted by Crippen LogP contribution is 2.28. The van der Waals surface area contributed by atoms with Crippen molar-refractivity contribution in [3.63, 3.8) is 0 Å². The Balaban J connectivity index is 2.21. The molecule has 1 aromatic rings. The molecule has 1 fully saturated rings. The first-order valence-corrected chi connectivity index (χ1v) is 4.60. The smallest absolute Gasteiger partial charge is 0.534 e. The third-order valence-corrected chi connectivity index (χ3v) is 2.29. The van der Waals surface area contributed by atoms with Crippen LogP contribution in [-0.4, -0.2) is 22.7 Å². The van der Waals surface area contributed by atoms with E-state index >= 15 is 0 Å². The molecule has 0 unspecified atom stereocenters. The highest BCUT2D eigenvalue weighted by atomic mass is 16.7. The lowest BCUT2D eigenvalue weighted by molar-refractivity contribution is 0.173. The lowest BCUT2D eigenvalue weighted by Gasteiger charge is -2.15. The average Bonchev–Trinajstić information content (AvgIpc) is 2.42. The molecule has 0 aliphatic carbocycles. The minimum atomic E-state index is -0.493. The monoisotopic (exact) mass is 205 g/mol. The van der Waals surface area contributed by atoms with Crippen LogP contribution >= 0.6 is 0 Å². The Morgan fingerprint density at radius 2 is 2.00 bits per heavy atom. The molecule has 0 saturated carbocycles. The van der Waals surface area contributed by atoms with Gasteiger partial charge < -0.3 is 15.0 Å². The van der Waals surface area contributed by atoms with E-state index in [-0.39, 0.29) is 5.95 Å². The Hall–Kier alpha value is -1.56. The van der Waals surface area contributed by atoms with Gasteiger partial charge >= 0.3 is 7.12 Å². The van der Waals surface area contributed by atoms with Gasteiger partial charge in [-0.3, -0.25) is 0 Å². The Labute approximate surface area is 88.5 Å². The van der Waals surface area contributed by atoms with Crippen LogP contribution in [0.25, 0.3) is 0 Å². The van der Waals surface area contributed by atoms with Crippen molar-refractivity contribution in [2.75, 3.05) is 5.73 Å². The first-order valence-electron chi connectivity index (χ1n) is 4.60. The van der Waals surface area contributed by atoms with Gasteiger partial charge in [-0.15, -0.1) is 0 Å². The summed E-state index contributed by atoms with van der Waals surface area (Å²) in [6, 6.07) is 0. The van der Waals surface area contributed by atoms with Crippen molar-refractivity contribution >= 4 is 18.5 Å². The molecule has 0 amide bonds. The standard InChI is InChI=1S/C9H12BN3O2/c1-6-9(2,3)15-10(14-6)7-4-12-8(11)13-5-7/h4-5H,1H2,2-3H3,(H2,11,12,13). The number of aromatic nitrogens is 2. The first-order chi connectivity index (χ1) is 6.99. The van der Waals surface area contributed by atoms with Gasteiger partial charge in [-0.2, -0.15) is 0 Å². The van der Waals surface area contributed by atoms with Crippen molar-refractivity contribution in [2.45, 2.75) is 19.4 Å². The summed E-state index contributed by atoms with van der Waals surface area (Å²) in [6.45, 7) is 7.58. The van der Waals surface area contributed by atoms with Crippen molar-refractivity contribution in [1.82, 2.24) is 9.97 Å². The van der Waals surface area contributed by atoms with E-state index < -0.39 is 12.7 Å². The summed E-state index contributed by atoms with van der Waals surface area (Å²) < 4.78 is 11.1. The van der Waals surface area contributed by atoms with E-state index in [0.717, 1.165) is 5.46 Å². The molecule has 6 heteroatoms. The third kappa shape index (κ3) is 1.80. The summed E-state index contributed by atoms with van der Waals surface area (Å²) in [4.78, 5) is 7.75. The van der Waals surface area contributed by atoms with E-state index in [2.05, 4.69) is 16.5 Å². The van der Waals surface area contributed by atoms with Crippen LogP contribution < -0.4 is 11.2 Å². The van der Waals surface area contributed by atoms with Crippen molar-refractivity contribution in [3.8, 4) is 0 Å². The van der Waals surface area contributed by atoms with Gasteiger partial charge in [0.15, 0.2) is 0 Å². The Kier molecular flexibility index (Phi) is 2.15. The zero-order valence-corrected chi connectivity index (χ0v) is 8.73. The van der Waals surface area contributed by atoms with Crippen LogP contribution in [0, 0.1) is 0 Å². The van der Waals surface area contributed by atoms with E-state index in [0.29, 0.717) is 5.76 Å². The van der Waals surface area contributed by atoms with Crippen molar-refractivity contribution in [3.05, 3.63) is 24.7 Å². The molecule has 1 aliphatic rings. The van der Waals surface area contributed by atoms with E-state index in [4.69, 9.17) is 15.0 Å². The van der Waals surface area contributed by atoms with Gasteiger partial charge in [0.05, 0.1) is 5.76 Å². The van der Waals surface area contributed by atoms with Gasteiger partial charge in [0, 0.05) is 17.9 Å². The molecule has 2 rings (SSSR count). The molecule has 2 N–H and O–H groups in total. The average molecular weight is 205 g/mol. The second kappa shape index (κ2) is 3.24. The van der Waals surface area contributed by atoms with Crippen LogP contribution in [0.1, 0.15) is 13.8 Å². The number of rotatable bonds is 1. The van der Waals surface area contributed by atoms with E-state index in [1.165, 1.54) is 0 Å². The molecule has 15 heavy (non-hydrogen) atoms. The fraction of sp³-hybridized carbons (Fsp3) is 0.333. The molecular formula is C9H12BN3O2.